The van der Waals surface area contributed by atoms with Crippen LogP contribution in [0.5, 0.6) is 0 Å². The summed E-state index contributed by atoms with van der Waals surface area (Å²) in [6.07, 6.45) is 3.93. The number of nitrogens with zero attached hydrogens (tertiary/aromatic N) is 3. The highest BCUT2D eigenvalue weighted by atomic mass is 16.3. The predicted molar refractivity (Wildman–Crippen MR) is 98.7 cm³/mol. The van der Waals surface area contributed by atoms with Crippen molar-refractivity contribution < 1.29 is 9.90 Å². The van der Waals surface area contributed by atoms with Gasteiger partial charge in [-0.3, -0.25) is 9.48 Å². The lowest BCUT2D eigenvalue weighted by Gasteiger charge is -2.28. The second-order valence-electron chi connectivity index (χ2n) is 7.33. The van der Waals surface area contributed by atoms with Crippen molar-refractivity contribution in [3.63, 3.8) is 0 Å². The fraction of sp³-hybridized carbons (Fsp3) is 0.579. The Bertz CT molecular complexity index is 745. The maximum Gasteiger partial charge on any atom is 0.251 e. The third kappa shape index (κ3) is 4.19. The molecule has 0 saturated carbocycles. The number of aryl methyl sites for hydroxylation is 1. The summed E-state index contributed by atoms with van der Waals surface area (Å²) in [5, 5.41) is 17.8. The minimum atomic E-state index is -0.551. The second kappa shape index (κ2) is 7.54. The molecule has 0 radical (unpaired) electrons. The van der Waals surface area contributed by atoms with Crippen molar-refractivity contribution in [3.8, 4) is 0 Å². The van der Waals surface area contributed by atoms with Gasteiger partial charge < -0.3 is 15.3 Å². The number of fused-ring (bicyclic) bond motifs is 1. The van der Waals surface area contributed by atoms with Crippen LogP contribution in [0.1, 0.15) is 35.7 Å². The Labute approximate surface area is 148 Å². The highest BCUT2D eigenvalue weighted by Crippen LogP contribution is 2.23. The maximum atomic E-state index is 12.3. The summed E-state index contributed by atoms with van der Waals surface area (Å²) in [5.74, 6) is 0.517. The summed E-state index contributed by atoms with van der Waals surface area (Å²) in [4.78, 5) is 14.7. The number of amides is 1. The third-order valence-corrected chi connectivity index (χ3v) is 5.09. The van der Waals surface area contributed by atoms with Gasteiger partial charge in [-0.1, -0.05) is 0 Å². The number of aliphatic hydroxyl groups is 1. The van der Waals surface area contributed by atoms with E-state index in [0.717, 1.165) is 36.1 Å². The Hall–Kier alpha value is -1.92. The minimum Gasteiger partial charge on any atom is -0.392 e. The molecule has 0 bridgehead atoms. The normalized spacial score (nSPS) is 17.8. The van der Waals surface area contributed by atoms with Gasteiger partial charge in [0.25, 0.3) is 5.91 Å². The first-order chi connectivity index (χ1) is 11.9. The topological polar surface area (TPSA) is 70.4 Å². The molecule has 3 rings (SSSR count). The van der Waals surface area contributed by atoms with Crippen LogP contribution in [0.2, 0.25) is 0 Å². The van der Waals surface area contributed by atoms with Crippen LogP contribution in [-0.4, -0.2) is 58.5 Å². The molecule has 1 amide bonds. The SMILES string of the molecule is Cc1c(C(=O)NCC(C)O)ccc2nn(CC3CCN(C)CC3)cc12. The minimum absolute atomic E-state index is 0.150. The van der Waals surface area contributed by atoms with E-state index in [9.17, 15) is 9.90 Å². The van der Waals surface area contributed by atoms with E-state index in [1.165, 1.54) is 12.8 Å². The number of carbonyl (C=O) groups is 1. The summed E-state index contributed by atoms with van der Waals surface area (Å²) >= 11 is 0. The number of aliphatic hydroxyl groups excluding tert-OH is 1. The molecule has 1 aromatic carbocycles. The first-order valence-electron chi connectivity index (χ1n) is 9.05. The number of benzene rings is 1. The number of nitrogens with one attached hydrogen (secondary N) is 1. The lowest BCUT2D eigenvalue weighted by atomic mass is 9.97. The zero-order valence-electron chi connectivity index (χ0n) is 15.3. The first-order valence-corrected chi connectivity index (χ1v) is 9.05. The number of rotatable bonds is 5. The number of hydrogen-bond donors (Lipinski definition) is 2. The molecule has 6 nitrogen and oxygen atoms in total. The number of piperidine rings is 1. The summed E-state index contributed by atoms with van der Waals surface area (Å²) in [6, 6.07) is 3.73. The Morgan fingerprint density at radius 1 is 1.40 bits per heavy atom. The molecule has 1 atom stereocenters. The fourth-order valence-electron chi connectivity index (χ4n) is 3.46. The summed E-state index contributed by atoms with van der Waals surface area (Å²) in [7, 11) is 2.17. The average molecular weight is 344 g/mol. The second-order valence-corrected chi connectivity index (χ2v) is 7.33. The summed E-state index contributed by atoms with van der Waals surface area (Å²) < 4.78 is 2.03. The van der Waals surface area contributed by atoms with Gasteiger partial charge in [0.2, 0.25) is 0 Å². The van der Waals surface area contributed by atoms with Crippen LogP contribution in [0.15, 0.2) is 18.3 Å². The van der Waals surface area contributed by atoms with E-state index in [1.807, 2.05) is 23.7 Å². The van der Waals surface area contributed by atoms with Crippen LogP contribution in [0.3, 0.4) is 0 Å². The molecular weight excluding hydrogens is 316 g/mol. The van der Waals surface area contributed by atoms with E-state index in [2.05, 4.69) is 23.5 Å². The monoisotopic (exact) mass is 344 g/mol. The highest BCUT2D eigenvalue weighted by Gasteiger charge is 2.19. The molecule has 1 aliphatic rings. The van der Waals surface area contributed by atoms with Crippen molar-refractivity contribution in [3.05, 3.63) is 29.5 Å². The molecule has 2 heterocycles. The van der Waals surface area contributed by atoms with Gasteiger partial charge in [0.15, 0.2) is 0 Å². The van der Waals surface area contributed by atoms with E-state index in [4.69, 9.17) is 5.10 Å². The van der Waals surface area contributed by atoms with Gasteiger partial charge in [0.05, 0.1) is 11.6 Å². The fourth-order valence-corrected chi connectivity index (χ4v) is 3.46. The van der Waals surface area contributed by atoms with Crippen molar-refractivity contribution >= 4 is 16.8 Å². The maximum absolute atomic E-state index is 12.3. The zero-order chi connectivity index (χ0) is 18.0. The molecule has 25 heavy (non-hydrogen) atoms. The van der Waals surface area contributed by atoms with Gasteiger partial charge in [-0.05, 0) is 70.4 Å². The lowest BCUT2D eigenvalue weighted by Crippen LogP contribution is -2.31. The molecule has 2 N–H and O–H groups in total. The number of carbonyl (C=O) groups excluding carboxylic acids is 1. The molecule has 136 valence electrons. The Morgan fingerprint density at radius 3 is 2.80 bits per heavy atom. The van der Waals surface area contributed by atoms with Crippen LogP contribution < -0.4 is 5.32 Å². The predicted octanol–water partition coefficient (Wildman–Crippen LogP) is 1.80. The van der Waals surface area contributed by atoms with Gasteiger partial charge in [-0.15, -0.1) is 0 Å². The molecule has 6 heteroatoms. The molecular formula is C19H28N4O2. The standard InChI is InChI=1S/C19H28N4O2/c1-13(24)10-20-19(25)16-4-5-18-17(14(16)2)12-23(21-18)11-15-6-8-22(3)9-7-15/h4-5,12-13,15,24H,6-11H2,1-3H3,(H,20,25). The largest absolute Gasteiger partial charge is 0.392 e. The number of likely N-dealkylation sites (tertiary alicyclic amines) is 1. The van der Waals surface area contributed by atoms with E-state index >= 15 is 0 Å². The van der Waals surface area contributed by atoms with Crippen LogP contribution >= 0.6 is 0 Å². The van der Waals surface area contributed by atoms with E-state index in [1.54, 1.807) is 6.92 Å². The van der Waals surface area contributed by atoms with E-state index < -0.39 is 6.10 Å². The third-order valence-electron chi connectivity index (χ3n) is 5.09. The van der Waals surface area contributed by atoms with Crippen molar-refractivity contribution in [2.24, 2.45) is 5.92 Å². The number of hydrogen-bond acceptors (Lipinski definition) is 4. The summed E-state index contributed by atoms with van der Waals surface area (Å²) in [6.45, 7) is 7.11. The van der Waals surface area contributed by atoms with E-state index in [-0.39, 0.29) is 12.5 Å². The average Bonchev–Trinajstić information content (AvgIpc) is 2.98. The lowest BCUT2D eigenvalue weighted by molar-refractivity contribution is 0.0923. The van der Waals surface area contributed by atoms with Crippen LogP contribution in [-0.2, 0) is 6.54 Å². The molecule has 1 unspecified atom stereocenters. The molecule has 1 aliphatic heterocycles. The van der Waals surface area contributed by atoms with Gasteiger partial charge >= 0.3 is 0 Å². The van der Waals surface area contributed by atoms with Crippen molar-refractivity contribution in [2.45, 2.75) is 39.3 Å². The van der Waals surface area contributed by atoms with Crippen LogP contribution in [0.25, 0.3) is 10.9 Å². The van der Waals surface area contributed by atoms with Gasteiger partial charge in [-0.2, -0.15) is 5.10 Å². The van der Waals surface area contributed by atoms with Gasteiger partial charge in [0.1, 0.15) is 0 Å². The molecule has 0 spiro atoms. The van der Waals surface area contributed by atoms with Crippen LogP contribution in [0.4, 0.5) is 0 Å². The summed E-state index contributed by atoms with van der Waals surface area (Å²) in [5.41, 5.74) is 2.51. The Balaban J connectivity index is 1.76. The quantitative estimate of drug-likeness (QED) is 0.868. The van der Waals surface area contributed by atoms with E-state index in [0.29, 0.717) is 11.5 Å². The molecule has 2 aromatic rings. The molecule has 1 fully saturated rings. The van der Waals surface area contributed by atoms with Gasteiger partial charge in [-0.25, -0.2) is 0 Å². The molecule has 1 saturated heterocycles. The van der Waals surface area contributed by atoms with Crippen molar-refractivity contribution in [2.75, 3.05) is 26.7 Å². The number of aromatic nitrogens is 2. The van der Waals surface area contributed by atoms with Gasteiger partial charge in [0, 0.05) is 30.2 Å². The van der Waals surface area contributed by atoms with Crippen molar-refractivity contribution in [1.29, 1.82) is 0 Å². The molecule has 1 aromatic heterocycles. The Morgan fingerprint density at radius 2 is 2.12 bits per heavy atom. The zero-order valence-corrected chi connectivity index (χ0v) is 15.3. The van der Waals surface area contributed by atoms with Crippen LogP contribution in [0, 0.1) is 12.8 Å². The smallest absolute Gasteiger partial charge is 0.251 e. The Kier molecular flexibility index (Phi) is 5.39. The molecule has 0 aliphatic carbocycles. The van der Waals surface area contributed by atoms with Crippen molar-refractivity contribution in [1.82, 2.24) is 20.0 Å². The highest BCUT2D eigenvalue weighted by molar-refractivity contribution is 6.00. The first kappa shape index (κ1) is 17.9.